The van der Waals surface area contributed by atoms with E-state index in [9.17, 15) is 21.6 Å². The lowest BCUT2D eigenvalue weighted by Crippen LogP contribution is -2.38. The van der Waals surface area contributed by atoms with E-state index in [4.69, 9.17) is 4.42 Å². The Kier molecular flexibility index (Phi) is 4.14. The smallest absolute Gasteiger partial charge is 0.408 e. The predicted octanol–water partition coefficient (Wildman–Crippen LogP) is 2.82. The molecule has 1 N–H and O–H groups in total. The highest BCUT2D eigenvalue weighted by Crippen LogP contribution is 2.34. The molecule has 0 unspecified atom stereocenters. The highest BCUT2D eigenvalue weighted by molar-refractivity contribution is 7.89. The lowest BCUT2D eigenvalue weighted by molar-refractivity contribution is -0.153. The van der Waals surface area contributed by atoms with Gasteiger partial charge >= 0.3 is 6.18 Å². The van der Waals surface area contributed by atoms with E-state index in [1.165, 1.54) is 42.9 Å². The van der Waals surface area contributed by atoms with Crippen LogP contribution in [-0.2, 0) is 17.1 Å². The number of nitrogens with one attached hydrogen (secondary N) is 1. The molecule has 0 aliphatic carbocycles. The van der Waals surface area contributed by atoms with E-state index < -0.39 is 22.2 Å². The summed E-state index contributed by atoms with van der Waals surface area (Å²) in [5.41, 5.74) is -0.184. The van der Waals surface area contributed by atoms with Gasteiger partial charge in [0.25, 0.3) is 0 Å². The summed E-state index contributed by atoms with van der Waals surface area (Å²) >= 11 is 0. The molecule has 2 aromatic rings. The number of aryl methyl sites for hydroxylation is 3. The molecule has 0 aromatic carbocycles. The van der Waals surface area contributed by atoms with E-state index in [-0.39, 0.29) is 16.2 Å². The topological polar surface area (TPSA) is 64.2 Å². The molecule has 0 fully saturated rings. The summed E-state index contributed by atoms with van der Waals surface area (Å²) in [7, 11) is -2.81. The molecule has 2 heterocycles. The van der Waals surface area contributed by atoms with Crippen molar-refractivity contribution in [2.45, 2.75) is 31.0 Å². The second kappa shape index (κ2) is 5.47. The van der Waals surface area contributed by atoms with Crippen molar-refractivity contribution in [1.29, 1.82) is 0 Å². The van der Waals surface area contributed by atoms with Gasteiger partial charge in [-0.15, -0.1) is 0 Å². The summed E-state index contributed by atoms with van der Waals surface area (Å²) < 4.78 is 72.3. The monoisotopic (exact) mass is 336 g/mol. The van der Waals surface area contributed by atoms with Gasteiger partial charge in [-0.2, -0.15) is 17.9 Å². The largest absolute Gasteiger partial charge is 0.465 e. The zero-order valence-electron chi connectivity index (χ0n) is 12.1. The minimum atomic E-state index is -4.76. The SMILES string of the molecule is Cc1cc(S(=O)(=O)N[C@H](c2ccn(C)c2)C(F)(F)F)c(C)o1. The Morgan fingerprint density at radius 2 is 1.95 bits per heavy atom. The molecule has 0 aliphatic rings. The number of aromatic nitrogens is 1. The van der Waals surface area contributed by atoms with Crippen LogP contribution < -0.4 is 4.72 Å². The van der Waals surface area contributed by atoms with E-state index in [0.29, 0.717) is 5.76 Å². The van der Waals surface area contributed by atoms with Gasteiger partial charge in [0.2, 0.25) is 10.0 Å². The van der Waals surface area contributed by atoms with Gasteiger partial charge in [-0.1, -0.05) is 0 Å². The van der Waals surface area contributed by atoms with Gasteiger partial charge in [-0.05, 0) is 31.5 Å². The van der Waals surface area contributed by atoms with Crippen molar-refractivity contribution in [1.82, 2.24) is 9.29 Å². The predicted molar refractivity (Wildman–Crippen MR) is 72.7 cm³/mol. The Morgan fingerprint density at radius 3 is 2.36 bits per heavy atom. The van der Waals surface area contributed by atoms with Crippen LogP contribution in [0.4, 0.5) is 13.2 Å². The summed E-state index contributed by atoms with van der Waals surface area (Å²) in [5.74, 6) is 0.347. The van der Waals surface area contributed by atoms with E-state index in [0.717, 1.165) is 0 Å². The van der Waals surface area contributed by atoms with Crippen LogP contribution in [0.1, 0.15) is 23.1 Å². The number of furan rings is 1. The van der Waals surface area contributed by atoms with Crippen LogP contribution >= 0.6 is 0 Å². The Hall–Kier alpha value is -1.74. The molecule has 2 rings (SSSR count). The zero-order chi connectivity index (χ0) is 16.7. The Bertz CT molecular complexity index is 775. The van der Waals surface area contributed by atoms with Gasteiger partial charge < -0.3 is 8.98 Å². The lowest BCUT2D eigenvalue weighted by atomic mass is 10.1. The van der Waals surface area contributed by atoms with Gasteiger partial charge in [-0.25, -0.2) is 8.42 Å². The summed E-state index contributed by atoms with van der Waals surface area (Å²) in [6.07, 6.45) is -2.13. The van der Waals surface area contributed by atoms with Crippen molar-refractivity contribution < 1.29 is 26.0 Å². The van der Waals surface area contributed by atoms with Crippen molar-refractivity contribution in [3.8, 4) is 0 Å². The molecule has 122 valence electrons. The van der Waals surface area contributed by atoms with Crippen molar-refractivity contribution in [2.24, 2.45) is 7.05 Å². The van der Waals surface area contributed by atoms with Gasteiger partial charge in [0.1, 0.15) is 22.5 Å². The zero-order valence-corrected chi connectivity index (χ0v) is 12.9. The molecule has 0 bridgehead atoms. The minimum Gasteiger partial charge on any atom is -0.465 e. The first kappa shape index (κ1) is 16.6. The van der Waals surface area contributed by atoms with Gasteiger partial charge in [0, 0.05) is 19.4 Å². The van der Waals surface area contributed by atoms with Crippen LogP contribution in [0.15, 0.2) is 33.8 Å². The maximum absolute atomic E-state index is 13.2. The highest BCUT2D eigenvalue weighted by Gasteiger charge is 2.44. The van der Waals surface area contributed by atoms with Crippen LogP contribution in [0.25, 0.3) is 0 Å². The van der Waals surface area contributed by atoms with E-state index >= 15 is 0 Å². The third kappa shape index (κ3) is 3.36. The summed E-state index contributed by atoms with van der Waals surface area (Å²) in [6, 6.07) is 0.0813. The fraction of sp³-hybridized carbons (Fsp3) is 0.385. The minimum absolute atomic E-state index is 0.0407. The molecule has 9 heteroatoms. The summed E-state index contributed by atoms with van der Waals surface area (Å²) in [6.45, 7) is 2.90. The van der Waals surface area contributed by atoms with Gasteiger partial charge in [0.15, 0.2) is 0 Å². The number of sulfonamides is 1. The first-order chi connectivity index (χ1) is 10.0. The third-order valence-corrected chi connectivity index (χ3v) is 4.60. The van der Waals surface area contributed by atoms with Gasteiger partial charge in [0.05, 0.1) is 0 Å². The average molecular weight is 336 g/mol. The molecular weight excluding hydrogens is 321 g/mol. The average Bonchev–Trinajstić information content (AvgIpc) is 2.91. The maximum Gasteiger partial charge on any atom is 0.408 e. The molecule has 1 atom stereocenters. The third-order valence-electron chi connectivity index (χ3n) is 3.07. The van der Waals surface area contributed by atoms with Crippen molar-refractivity contribution >= 4 is 10.0 Å². The van der Waals surface area contributed by atoms with Crippen LogP contribution in [0.3, 0.4) is 0 Å². The number of hydrogen-bond acceptors (Lipinski definition) is 3. The number of halogens is 3. The van der Waals surface area contributed by atoms with Crippen LogP contribution in [0, 0.1) is 13.8 Å². The van der Waals surface area contributed by atoms with E-state index in [2.05, 4.69) is 0 Å². The maximum atomic E-state index is 13.2. The first-order valence-corrected chi connectivity index (χ1v) is 7.77. The molecule has 0 saturated carbocycles. The van der Waals surface area contributed by atoms with Crippen molar-refractivity contribution in [3.05, 3.63) is 41.6 Å². The second-order valence-corrected chi connectivity index (χ2v) is 6.67. The molecular formula is C13H15F3N2O3S. The van der Waals surface area contributed by atoms with Crippen LogP contribution in [0.5, 0.6) is 0 Å². The standard InChI is InChI=1S/C13H15F3N2O3S/c1-8-6-11(9(2)21-8)22(19,20)17-12(13(14,15)16)10-4-5-18(3)7-10/h4-7,12,17H,1-3H3/t12-/m1/s1. The van der Waals surface area contributed by atoms with E-state index in [1.807, 2.05) is 0 Å². The Labute approximate surface area is 125 Å². The number of alkyl halides is 3. The highest BCUT2D eigenvalue weighted by atomic mass is 32.2. The van der Waals surface area contributed by atoms with Crippen LogP contribution in [0.2, 0.25) is 0 Å². The van der Waals surface area contributed by atoms with Crippen LogP contribution in [-0.4, -0.2) is 19.2 Å². The summed E-state index contributed by atoms with van der Waals surface area (Å²) in [5, 5.41) is 0. The first-order valence-electron chi connectivity index (χ1n) is 6.28. The Balaban J connectivity index is 2.41. The molecule has 0 saturated heterocycles. The van der Waals surface area contributed by atoms with Crippen molar-refractivity contribution in [3.63, 3.8) is 0 Å². The normalized spacial score (nSPS) is 14.3. The lowest BCUT2D eigenvalue weighted by Gasteiger charge is -2.20. The molecule has 22 heavy (non-hydrogen) atoms. The molecule has 0 spiro atoms. The molecule has 0 radical (unpaired) electrons. The van der Waals surface area contributed by atoms with E-state index in [1.54, 1.807) is 11.8 Å². The quantitative estimate of drug-likeness (QED) is 0.934. The van der Waals surface area contributed by atoms with Crippen molar-refractivity contribution in [2.75, 3.05) is 0 Å². The molecule has 5 nitrogen and oxygen atoms in total. The number of hydrogen-bond donors (Lipinski definition) is 1. The Morgan fingerprint density at radius 1 is 1.32 bits per heavy atom. The fourth-order valence-electron chi connectivity index (χ4n) is 2.11. The summed E-state index contributed by atoms with van der Waals surface area (Å²) in [4.78, 5) is -0.296. The molecule has 0 aliphatic heterocycles. The van der Waals surface area contributed by atoms with Gasteiger partial charge in [-0.3, -0.25) is 0 Å². The number of rotatable bonds is 4. The molecule has 2 aromatic heterocycles. The second-order valence-electron chi connectivity index (χ2n) is 4.98. The fourth-order valence-corrected chi connectivity index (χ4v) is 3.56. The number of nitrogens with zero attached hydrogens (tertiary/aromatic N) is 1. The molecule has 0 amide bonds.